The number of fused-ring (bicyclic) bond motifs is 3. The second-order valence-corrected chi connectivity index (χ2v) is 8.93. The van der Waals surface area contributed by atoms with Crippen molar-refractivity contribution < 1.29 is 14.0 Å². The van der Waals surface area contributed by atoms with Crippen LogP contribution in [0.2, 0.25) is 0 Å². The Labute approximate surface area is 212 Å². The molecule has 1 aliphatic carbocycles. The Hall–Kier alpha value is -4.85. The van der Waals surface area contributed by atoms with E-state index in [4.69, 9.17) is 4.42 Å². The molecule has 2 N–H and O–H groups in total. The summed E-state index contributed by atoms with van der Waals surface area (Å²) in [7, 11) is 0. The van der Waals surface area contributed by atoms with Crippen LogP contribution in [0.5, 0.6) is 0 Å². The molecule has 3 heterocycles. The first-order valence-electron chi connectivity index (χ1n) is 12.1. The SMILES string of the molecule is Cc1c(C(=O)Nc2cccc3ncccc23)oc2c1/C(=N/NC(=O)c1ccc3ccccc3n1)CCC2. The van der Waals surface area contributed by atoms with Crippen LogP contribution in [0.15, 0.2) is 82.4 Å². The van der Waals surface area contributed by atoms with Gasteiger partial charge in [-0.25, -0.2) is 10.4 Å². The van der Waals surface area contributed by atoms with Gasteiger partial charge in [-0.1, -0.05) is 30.3 Å². The minimum Gasteiger partial charge on any atom is -0.455 e. The maximum Gasteiger partial charge on any atom is 0.291 e. The summed E-state index contributed by atoms with van der Waals surface area (Å²) >= 11 is 0. The van der Waals surface area contributed by atoms with Crippen LogP contribution in [-0.2, 0) is 6.42 Å². The second-order valence-electron chi connectivity index (χ2n) is 8.93. The van der Waals surface area contributed by atoms with Gasteiger partial charge >= 0.3 is 0 Å². The highest BCUT2D eigenvalue weighted by Gasteiger charge is 2.28. The molecule has 2 amide bonds. The lowest BCUT2D eigenvalue weighted by Gasteiger charge is -2.13. The van der Waals surface area contributed by atoms with Crippen molar-refractivity contribution in [3.8, 4) is 0 Å². The minimum atomic E-state index is -0.394. The van der Waals surface area contributed by atoms with Gasteiger partial charge in [0.25, 0.3) is 11.8 Å². The molecule has 3 aromatic heterocycles. The van der Waals surface area contributed by atoms with E-state index in [1.807, 2.05) is 67.6 Å². The molecule has 2 aromatic carbocycles. The molecule has 8 heteroatoms. The molecule has 5 aromatic rings. The molecule has 0 unspecified atom stereocenters. The second kappa shape index (κ2) is 9.31. The summed E-state index contributed by atoms with van der Waals surface area (Å²) in [5, 5.41) is 9.19. The lowest BCUT2D eigenvalue weighted by Crippen LogP contribution is -2.23. The summed E-state index contributed by atoms with van der Waals surface area (Å²) in [5.41, 5.74) is 7.28. The number of benzene rings is 2. The predicted molar refractivity (Wildman–Crippen MR) is 142 cm³/mol. The number of para-hydroxylation sites is 1. The van der Waals surface area contributed by atoms with Gasteiger partial charge in [-0.2, -0.15) is 5.10 Å². The van der Waals surface area contributed by atoms with E-state index in [9.17, 15) is 9.59 Å². The van der Waals surface area contributed by atoms with Crippen LogP contribution in [0, 0.1) is 6.92 Å². The first-order valence-corrected chi connectivity index (χ1v) is 12.1. The average Bonchev–Trinajstić information content (AvgIpc) is 3.28. The molecular weight excluding hydrogens is 466 g/mol. The van der Waals surface area contributed by atoms with Crippen molar-refractivity contribution in [3.63, 3.8) is 0 Å². The summed E-state index contributed by atoms with van der Waals surface area (Å²) in [6.07, 6.45) is 3.88. The van der Waals surface area contributed by atoms with Gasteiger partial charge in [0, 0.05) is 34.5 Å². The Kier molecular flexibility index (Phi) is 5.69. The first kappa shape index (κ1) is 22.6. The fraction of sp³-hybridized carbons (Fsp3) is 0.138. The number of anilines is 1. The number of aryl methyl sites for hydroxylation is 1. The molecule has 0 saturated heterocycles. The van der Waals surface area contributed by atoms with E-state index in [0.717, 1.165) is 33.8 Å². The van der Waals surface area contributed by atoms with E-state index in [-0.39, 0.29) is 17.4 Å². The third-order valence-electron chi connectivity index (χ3n) is 6.55. The topological polar surface area (TPSA) is 109 Å². The number of nitrogens with zero attached hydrogens (tertiary/aromatic N) is 3. The molecule has 0 saturated carbocycles. The van der Waals surface area contributed by atoms with Gasteiger partial charge in [-0.3, -0.25) is 14.6 Å². The number of hydrogen-bond acceptors (Lipinski definition) is 6. The smallest absolute Gasteiger partial charge is 0.291 e. The van der Waals surface area contributed by atoms with Crippen molar-refractivity contribution >= 4 is 45.0 Å². The third-order valence-corrected chi connectivity index (χ3v) is 6.55. The van der Waals surface area contributed by atoms with E-state index >= 15 is 0 Å². The number of carbonyl (C=O) groups is 2. The van der Waals surface area contributed by atoms with E-state index in [1.165, 1.54) is 0 Å². The van der Waals surface area contributed by atoms with Gasteiger partial charge < -0.3 is 9.73 Å². The van der Waals surface area contributed by atoms with Gasteiger partial charge in [0.05, 0.1) is 22.4 Å². The van der Waals surface area contributed by atoms with Crippen molar-refractivity contribution in [3.05, 3.63) is 101 Å². The van der Waals surface area contributed by atoms with E-state index in [2.05, 4.69) is 25.8 Å². The lowest BCUT2D eigenvalue weighted by atomic mass is 9.93. The molecule has 0 fully saturated rings. The molecule has 8 nitrogen and oxygen atoms in total. The fourth-order valence-electron chi connectivity index (χ4n) is 4.76. The Morgan fingerprint density at radius 2 is 1.78 bits per heavy atom. The molecule has 37 heavy (non-hydrogen) atoms. The summed E-state index contributed by atoms with van der Waals surface area (Å²) in [6, 6.07) is 20.5. The molecule has 0 bridgehead atoms. The van der Waals surface area contributed by atoms with Crippen molar-refractivity contribution in [2.24, 2.45) is 5.10 Å². The highest BCUT2D eigenvalue weighted by molar-refractivity contribution is 6.11. The predicted octanol–water partition coefficient (Wildman–Crippen LogP) is 5.41. The van der Waals surface area contributed by atoms with E-state index in [0.29, 0.717) is 35.6 Å². The normalized spacial score (nSPS) is 14.0. The number of aromatic nitrogens is 2. The number of rotatable bonds is 4. The van der Waals surface area contributed by atoms with Crippen LogP contribution in [0.4, 0.5) is 5.69 Å². The zero-order chi connectivity index (χ0) is 25.4. The van der Waals surface area contributed by atoms with Crippen LogP contribution >= 0.6 is 0 Å². The Morgan fingerprint density at radius 1 is 0.919 bits per heavy atom. The molecule has 182 valence electrons. The molecule has 0 aliphatic heterocycles. The molecule has 1 aliphatic rings. The zero-order valence-corrected chi connectivity index (χ0v) is 20.1. The summed E-state index contributed by atoms with van der Waals surface area (Å²) < 4.78 is 6.02. The number of amides is 2. The zero-order valence-electron chi connectivity index (χ0n) is 20.1. The van der Waals surface area contributed by atoms with Crippen molar-refractivity contribution in [2.45, 2.75) is 26.2 Å². The van der Waals surface area contributed by atoms with Crippen LogP contribution in [0.25, 0.3) is 21.8 Å². The van der Waals surface area contributed by atoms with Gasteiger partial charge in [-0.05, 0) is 56.2 Å². The highest BCUT2D eigenvalue weighted by Crippen LogP contribution is 2.31. The lowest BCUT2D eigenvalue weighted by molar-refractivity contribution is 0.0949. The van der Waals surface area contributed by atoms with E-state index in [1.54, 1.807) is 12.3 Å². The van der Waals surface area contributed by atoms with Gasteiger partial charge in [0.15, 0.2) is 5.76 Å². The van der Waals surface area contributed by atoms with Gasteiger partial charge in [0.2, 0.25) is 0 Å². The number of nitrogens with one attached hydrogen (secondary N) is 2. The Balaban J connectivity index is 1.26. The number of pyridine rings is 2. The fourth-order valence-corrected chi connectivity index (χ4v) is 4.76. The monoisotopic (exact) mass is 489 g/mol. The molecule has 0 spiro atoms. The Morgan fingerprint density at radius 3 is 2.70 bits per heavy atom. The summed E-state index contributed by atoms with van der Waals surface area (Å²) in [4.78, 5) is 34.8. The van der Waals surface area contributed by atoms with Gasteiger partial charge in [0.1, 0.15) is 11.5 Å². The van der Waals surface area contributed by atoms with E-state index < -0.39 is 5.91 Å². The number of furan rings is 1. The third kappa shape index (κ3) is 4.23. The summed E-state index contributed by atoms with van der Waals surface area (Å²) in [5.74, 6) is 0.203. The number of hydrogen-bond donors (Lipinski definition) is 2. The molecule has 0 atom stereocenters. The van der Waals surface area contributed by atoms with Crippen molar-refractivity contribution in [1.82, 2.24) is 15.4 Å². The number of carbonyl (C=O) groups excluding carboxylic acids is 2. The molecule has 0 radical (unpaired) electrons. The molecular formula is C29H23N5O3. The van der Waals surface area contributed by atoms with Crippen molar-refractivity contribution in [1.29, 1.82) is 0 Å². The van der Waals surface area contributed by atoms with Gasteiger partial charge in [-0.15, -0.1) is 0 Å². The average molecular weight is 490 g/mol. The maximum absolute atomic E-state index is 13.2. The minimum absolute atomic E-state index is 0.239. The van der Waals surface area contributed by atoms with Crippen LogP contribution in [-0.4, -0.2) is 27.5 Å². The van der Waals surface area contributed by atoms with Crippen LogP contribution < -0.4 is 10.7 Å². The van der Waals surface area contributed by atoms with Crippen LogP contribution in [0.3, 0.4) is 0 Å². The quantitative estimate of drug-likeness (QED) is 0.328. The number of hydrazone groups is 1. The Bertz CT molecular complexity index is 1710. The highest BCUT2D eigenvalue weighted by atomic mass is 16.4. The largest absolute Gasteiger partial charge is 0.455 e. The summed E-state index contributed by atoms with van der Waals surface area (Å²) in [6.45, 7) is 1.84. The molecule has 6 rings (SSSR count). The van der Waals surface area contributed by atoms with Crippen molar-refractivity contribution in [2.75, 3.05) is 5.32 Å². The first-order chi connectivity index (χ1) is 18.1. The maximum atomic E-state index is 13.2. The standard InChI is InChI=1S/C29H23N5O3/c1-17-26-23(33-34-28(35)24-15-14-18-7-2-3-9-20(18)31-24)12-5-13-25(26)37-27(17)29(36)32-22-11-4-10-21-19(22)8-6-16-30-21/h2-4,6-11,14-16H,5,12-13H2,1H3,(H,32,36)(H,34,35)/b33-23+. The van der Waals surface area contributed by atoms with Crippen LogP contribution in [0.1, 0.15) is 50.8 Å².